The molecule has 3 nitrogen and oxygen atoms in total. The fraction of sp³-hybridized carbons (Fsp3) is 0.211. The number of ether oxygens (including phenoxy) is 1. The van der Waals surface area contributed by atoms with E-state index >= 15 is 0 Å². The first kappa shape index (κ1) is 15.6. The molecule has 4 heteroatoms. The average molecular weight is 324 g/mol. The molecule has 0 saturated heterocycles. The molecule has 1 N–H and O–H groups in total. The molecule has 0 aliphatic carbocycles. The van der Waals surface area contributed by atoms with Crippen molar-refractivity contribution in [2.45, 2.75) is 13.3 Å². The summed E-state index contributed by atoms with van der Waals surface area (Å²) < 4.78 is 5.31. The number of aryl methyl sites for hydroxylation is 1. The molecule has 0 aliphatic rings. The van der Waals surface area contributed by atoms with E-state index in [2.05, 4.69) is 52.1 Å². The summed E-state index contributed by atoms with van der Waals surface area (Å²) in [7, 11) is 1.69. The van der Waals surface area contributed by atoms with Gasteiger partial charge in [-0.1, -0.05) is 30.3 Å². The Morgan fingerprint density at radius 1 is 1.13 bits per heavy atom. The Morgan fingerprint density at radius 3 is 2.70 bits per heavy atom. The molecule has 2 aromatic carbocycles. The van der Waals surface area contributed by atoms with Crippen molar-refractivity contribution < 1.29 is 4.74 Å². The summed E-state index contributed by atoms with van der Waals surface area (Å²) in [5.74, 6) is 0.908. The molecule has 0 atom stereocenters. The van der Waals surface area contributed by atoms with Crippen molar-refractivity contribution in [3.05, 3.63) is 65.0 Å². The topological polar surface area (TPSA) is 34.1 Å². The first-order chi connectivity index (χ1) is 11.3. The number of hydrogen-bond acceptors (Lipinski definition) is 4. The number of methoxy groups -OCH3 is 1. The zero-order chi connectivity index (χ0) is 16.1. The predicted molar refractivity (Wildman–Crippen MR) is 97.5 cm³/mol. The van der Waals surface area contributed by atoms with Crippen LogP contribution in [0.4, 0.5) is 5.13 Å². The van der Waals surface area contributed by atoms with E-state index in [1.807, 2.05) is 19.1 Å². The molecule has 23 heavy (non-hydrogen) atoms. The van der Waals surface area contributed by atoms with E-state index in [1.54, 1.807) is 18.4 Å². The SMILES string of the molecule is COc1ccc(-c2csc(NCCc3ccccc3)n2)cc1C. The van der Waals surface area contributed by atoms with E-state index in [-0.39, 0.29) is 0 Å². The van der Waals surface area contributed by atoms with Crippen LogP contribution in [0.3, 0.4) is 0 Å². The van der Waals surface area contributed by atoms with E-state index in [0.717, 1.165) is 40.7 Å². The largest absolute Gasteiger partial charge is 0.496 e. The molecule has 1 aromatic heterocycles. The number of nitrogens with zero attached hydrogens (tertiary/aromatic N) is 1. The lowest BCUT2D eigenvalue weighted by Crippen LogP contribution is -2.04. The highest BCUT2D eigenvalue weighted by Crippen LogP contribution is 2.28. The second kappa shape index (κ2) is 7.29. The molecule has 0 aliphatic heterocycles. The molecular formula is C19H20N2OS. The number of anilines is 1. The average Bonchev–Trinajstić information content (AvgIpc) is 3.05. The Labute approximate surface area is 141 Å². The molecule has 0 saturated carbocycles. The second-order valence-corrected chi connectivity index (χ2v) is 6.24. The number of rotatable bonds is 6. The van der Waals surface area contributed by atoms with Gasteiger partial charge in [0.2, 0.25) is 0 Å². The van der Waals surface area contributed by atoms with Crippen LogP contribution in [0.1, 0.15) is 11.1 Å². The van der Waals surface area contributed by atoms with Crippen molar-refractivity contribution in [2.24, 2.45) is 0 Å². The number of nitrogens with one attached hydrogen (secondary N) is 1. The second-order valence-electron chi connectivity index (χ2n) is 5.38. The molecule has 0 bridgehead atoms. The Hall–Kier alpha value is -2.33. The van der Waals surface area contributed by atoms with Gasteiger partial charge < -0.3 is 10.1 Å². The Bertz CT molecular complexity index is 768. The van der Waals surface area contributed by atoms with Crippen LogP contribution in [-0.2, 0) is 6.42 Å². The van der Waals surface area contributed by atoms with Gasteiger partial charge in [-0.15, -0.1) is 11.3 Å². The van der Waals surface area contributed by atoms with Crippen LogP contribution in [0.25, 0.3) is 11.3 Å². The molecule has 118 valence electrons. The van der Waals surface area contributed by atoms with Crippen LogP contribution in [-0.4, -0.2) is 18.6 Å². The fourth-order valence-electron chi connectivity index (χ4n) is 2.48. The molecule has 1 heterocycles. The zero-order valence-corrected chi connectivity index (χ0v) is 14.2. The lowest BCUT2D eigenvalue weighted by Gasteiger charge is -2.06. The van der Waals surface area contributed by atoms with Gasteiger partial charge in [-0.05, 0) is 42.7 Å². The maximum Gasteiger partial charge on any atom is 0.183 e. The molecule has 3 aromatic rings. The zero-order valence-electron chi connectivity index (χ0n) is 13.4. The molecule has 0 amide bonds. The van der Waals surface area contributed by atoms with Gasteiger partial charge in [0.1, 0.15) is 5.75 Å². The molecule has 0 fully saturated rings. The lowest BCUT2D eigenvalue weighted by molar-refractivity contribution is 0.412. The van der Waals surface area contributed by atoms with Gasteiger partial charge in [0, 0.05) is 17.5 Å². The van der Waals surface area contributed by atoms with Crippen molar-refractivity contribution in [1.82, 2.24) is 4.98 Å². The molecule has 0 spiro atoms. The third kappa shape index (κ3) is 3.90. The minimum absolute atomic E-state index is 0.888. The minimum Gasteiger partial charge on any atom is -0.496 e. The van der Waals surface area contributed by atoms with Crippen molar-refractivity contribution in [3.8, 4) is 17.0 Å². The van der Waals surface area contributed by atoms with Gasteiger partial charge in [-0.2, -0.15) is 0 Å². The minimum atomic E-state index is 0.888. The fourth-order valence-corrected chi connectivity index (χ4v) is 3.23. The highest BCUT2D eigenvalue weighted by Gasteiger charge is 2.06. The number of aromatic nitrogens is 1. The van der Waals surface area contributed by atoms with Gasteiger partial charge in [0.15, 0.2) is 5.13 Å². The summed E-state index contributed by atoms with van der Waals surface area (Å²) in [5.41, 5.74) is 4.58. The maximum absolute atomic E-state index is 5.31. The Kier molecular flexibility index (Phi) is 4.93. The first-order valence-electron chi connectivity index (χ1n) is 7.64. The van der Waals surface area contributed by atoms with E-state index < -0.39 is 0 Å². The normalized spacial score (nSPS) is 10.5. The summed E-state index contributed by atoms with van der Waals surface area (Å²) in [6.07, 6.45) is 0.997. The van der Waals surface area contributed by atoms with E-state index in [4.69, 9.17) is 4.74 Å². The van der Waals surface area contributed by atoms with Crippen LogP contribution in [0.5, 0.6) is 5.75 Å². The van der Waals surface area contributed by atoms with E-state index in [1.165, 1.54) is 5.56 Å². The predicted octanol–water partition coefficient (Wildman–Crippen LogP) is 4.78. The van der Waals surface area contributed by atoms with Crippen LogP contribution >= 0.6 is 11.3 Å². The lowest BCUT2D eigenvalue weighted by atomic mass is 10.1. The smallest absolute Gasteiger partial charge is 0.183 e. The van der Waals surface area contributed by atoms with Gasteiger partial charge >= 0.3 is 0 Å². The van der Waals surface area contributed by atoms with E-state index in [0.29, 0.717) is 0 Å². The Morgan fingerprint density at radius 2 is 1.96 bits per heavy atom. The van der Waals surface area contributed by atoms with Crippen LogP contribution in [0, 0.1) is 6.92 Å². The summed E-state index contributed by atoms with van der Waals surface area (Å²) >= 11 is 1.64. The molecular weight excluding hydrogens is 304 g/mol. The standard InChI is InChI=1S/C19H20N2OS/c1-14-12-16(8-9-18(14)22-2)17-13-23-19(21-17)20-11-10-15-6-4-3-5-7-15/h3-9,12-13H,10-11H2,1-2H3,(H,20,21). The third-order valence-corrected chi connectivity index (χ3v) is 4.53. The van der Waals surface area contributed by atoms with Gasteiger partial charge in [0.05, 0.1) is 12.8 Å². The number of thiazole rings is 1. The maximum atomic E-state index is 5.31. The van der Waals surface area contributed by atoms with Crippen LogP contribution in [0.15, 0.2) is 53.9 Å². The van der Waals surface area contributed by atoms with Crippen molar-refractivity contribution >= 4 is 16.5 Å². The monoisotopic (exact) mass is 324 g/mol. The Balaban J connectivity index is 1.63. The third-order valence-electron chi connectivity index (χ3n) is 3.73. The quantitative estimate of drug-likeness (QED) is 0.708. The van der Waals surface area contributed by atoms with Gasteiger partial charge in [0.25, 0.3) is 0 Å². The highest BCUT2D eigenvalue weighted by molar-refractivity contribution is 7.14. The van der Waals surface area contributed by atoms with Gasteiger partial charge in [-0.25, -0.2) is 4.98 Å². The summed E-state index contributed by atoms with van der Waals surface area (Å²) in [6, 6.07) is 16.6. The summed E-state index contributed by atoms with van der Waals surface area (Å²) in [4.78, 5) is 4.67. The molecule has 0 radical (unpaired) electrons. The van der Waals surface area contributed by atoms with Crippen molar-refractivity contribution in [3.63, 3.8) is 0 Å². The van der Waals surface area contributed by atoms with Crippen molar-refractivity contribution in [2.75, 3.05) is 19.0 Å². The number of hydrogen-bond donors (Lipinski definition) is 1. The molecule has 3 rings (SSSR count). The number of benzene rings is 2. The molecule has 0 unspecified atom stereocenters. The summed E-state index contributed by atoms with van der Waals surface area (Å²) in [5, 5.41) is 6.45. The van der Waals surface area contributed by atoms with Crippen molar-refractivity contribution in [1.29, 1.82) is 0 Å². The summed E-state index contributed by atoms with van der Waals surface area (Å²) in [6.45, 7) is 2.94. The highest BCUT2D eigenvalue weighted by atomic mass is 32.1. The van der Waals surface area contributed by atoms with E-state index in [9.17, 15) is 0 Å². The van der Waals surface area contributed by atoms with Gasteiger partial charge in [-0.3, -0.25) is 0 Å². The van der Waals surface area contributed by atoms with Crippen LogP contribution in [0.2, 0.25) is 0 Å². The van der Waals surface area contributed by atoms with Crippen LogP contribution < -0.4 is 10.1 Å². The first-order valence-corrected chi connectivity index (χ1v) is 8.52.